The number of rotatable bonds is 8. The lowest BCUT2D eigenvalue weighted by Gasteiger charge is -2.14. The van der Waals surface area contributed by atoms with Gasteiger partial charge in [0, 0.05) is 18.7 Å². The molecule has 1 N–H and O–H groups in total. The van der Waals surface area contributed by atoms with Crippen LogP contribution in [0.15, 0.2) is 65.7 Å². The molecular weight excluding hydrogens is 434 g/mol. The number of benzene rings is 2. The topological polar surface area (TPSA) is 107 Å². The van der Waals surface area contributed by atoms with E-state index >= 15 is 0 Å². The summed E-state index contributed by atoms with van der Waals surface area (Å²) in [4.78, 5) is 21.4. The van der Waals surface area contributed by atoms with E-state index in [0.29, 0.717) is 23.1 Å². The Labute approximate surface area is 186 Å². The third-order valence-corrected chi connectivity index (χ3v) is 6.23. The molecule has 10 heteroatoms. The number of ether oxygens (including phenoxy) is 2. The number of hydrogen-bond acceptors (Lipinski definition) is 7. The first-order valence-corrected chi connectivity index (χ1v) is 10.9. The van der Waals surface area contributed by atoms with Crippen molar-refractivity contribution in [1.82, 2.24) is 9.45 Å². The zero-order valence-corrected chi connectivity index (χ0v) is 18.8. The summed E-state index contributed by atoms with van der Waals surface area (Å²) >= 11 is 0. The van der Waals surface area contributed by atoms with Gasteiger partial charge in [0.1, 0.15) is 0 Å². The molecule has 0 aliphatic rings. The van der Waals surface area contributed by atoms with Crippen LogP contribution >= 0.6 is 0 Å². The lowest BCUT2D eigenvalue weighted by molar-refractivity contribution is -0.0258. The Morgan fingerprint density at radius 2 is 1.72 bits per heavy atom. The van der Waals surface area contributed by atoms with E-state index in [0.717, 1.165) is 10.0 Å². The number of aromatic nitrogens is 1. The van der Waals surface area contributed by atoms with Crippen molar-refractivity contribution in [2.24, 2.45) is 0 Å². The number of amides is 1. The standard InChI is InChI=1S/C22H23N3O6S/c1-15-5-11-19(20(13-15)29-3)31-21-12-8-17(14-23-21)24-22(26)16-6-9-18(10-7-16)32(27,28)25(2)30-4/h5-14H,1-4H3,(H,24,26). The third kappa shape index (κ3) is 5.22. The molecule has 0 saturated heterocycles. The maximum atomic E-state index is 12.5. The number of nitrogens with one attached hydrogen (secondary N) is 1. The van der Waals surface area contributed by atoms with Crippen LogP contribution < -0.4 is 14.8 Å². The monoisotopic (exact) mass is 457 g/mol. The van der Waals surface area contributed by atoms with E-state index in [1.54, 1.807) is 25.3 Å². The van der Waals surface area contributed by atoms with E-state index in [1.165, 1.54) is 44.6 Å². The molecule has 1 heterocycles. The number of carbonyl (C=O) groups is 1. The summed E-state index contributed by atoms with van der Waals surface area (Å²) in [5.74, 6) is 1.04. The Bertz CT molecular complexity index is 1200. The van der Waals surface area contributed by atoms with Crippen molar-refractivity contribution in [2.45, 2.75) is 11.8 Å². The Hall–Kier alpha value is -3.47. The second kappa shape index (κ2) is 9.77. The summed E-state index contributed by atoms with van der Waals surface area (Å²) in [7, 11) is 0.313. The highest BCUT2D eigenvalue weighted by Gasteiger charge is 2.21. The molecule has 0 spiro atoms. The van der Waals surface area contributed by atoms with Crippen molar-refractivity contribution in [3.05, 3.63) is 71.9 Å². The number of methoxy groups -OCH3 is 1. The Kier molecular flexibility index (Phi) is 7.08. The molecule has 0 aliphatic carbocycles. The maximum Gasteiger partial charge on any atom is 0.264 e. The first-order valence-electron chi connectivity index (χ1n) is 9.47. The first-order chi connectivity index (χ1) is 15.2. The minimum absolute atomic E-state index is 0.00750. The number of hydroxylamine groups is 1. The number of anilines is 1. The zero-order valence-electron chi connectivity index (χ0n) is 18.0. The van der Waals surface area contributed by atoms with Crippen LogP contribution in [-0.4, -0.2) is 45.0 Å². The molecule has 1 aromatic heterocycles. The van der Waals surface area contributed by atoms with E-state index < -0.39 is 15.9 Å². The van der Waals surface area contributed by atoms with Crippen molar-refractivity contribution < 1.29 is 27.5 Å². The molecule has 0 saturated carbocycles. The van der Waals surface area contributed by atoms with Crippen LogP contribution in [0.4, 0.5) is 5.69 Å². The summed E-state index contributed by atoms with van der Waals surface area (Å²) in [6, 6.07) is 14.3. The van der Waals surface area contributed by atoms with Crippen LogP contribution in [0.1, 0.15) is 15.9 Å². The molecule has 9 nitrogen and oxygen atoms in total. The Morgan fingerprint density at radius 3 is 2.31 bits per heavy atom. The summed E-state index contributed by atoms with van der Waals surface area (Å²) in [5.41, 5.74) is 1.78. The lowest BCUT2D eigenvalue weighted by atomic mass is 10.2. The number of sulfonamides is 1. The van der Waals surface area contributed by atoms with Gasteiger partial charge in [-0.25, -0.2) is 13.4 Å². The molecule has 0 atom stereocenters. The molecule has 32 heavy (non-hydrogen) atoms. The summed E-state index contributed by atoms with van der Waals surface area (Å²) in [6.07, 6.45) is 1.46. The lowest BCUT2D eigenvalue weighted by Crippen LogP contribution is -2.25. The van der Waals surface area contributed by atoms with E-state index in [4.69, 9.17) is 14.3 Å². The van der Waals surface area contributed by atoms with Crippen LogP contribution in [0.3, 0.4) is 0 Å². The Balaban J connectivity index is 1.67. The summed E-state index contributed by atoms with van der Waals surface area (Å²) in [6.45, 7) is 1.95. The van der Waals surface area contributed by atoms with Crippen LogP contribution in [0.2, 0.25) is 0 Å². The van der Waals surface area contributed by atoms with Crippen LogP contribution in [0, 0.1) is 6.92 Å². The van der Waals surface area contributed by atoms with Gasteiger partial charge in [0.2, 0.25) is 5.88 Å². The maximum absolute atomic E-state index is 12.5. The number of carbonyl (C=O) groups excluding carboxylic acids is 1. The minimum Gasteiger partial charge on any atom is -0.493 e. The average Bonchev–Trinajstić information content (AvgIpc) is 2.80. The number of aryl methyl sites for hydroxylation is 1. The molecule has 0 unspecified atom stereocenters. The van der Waals surface area contributed by atoms with Gasteiger partial charge >= 0.3 is 0 Å². The Morgan fingerprint density at radius 1 is 1.00 bits per heavy atom. The third-order valence-electron chi connectivity index (χ3n) is 4.54. The SMILES string of the molecule is COc1cc(C)ccc1Oc1ccc(NC(=O)c2ccc(S(=O)(=O)N(C)OC)cc2)cn1. The van der Waals surface area contributed by atoms with E-state index in [9.17, 15) is 13.2 Å². The highest BCUT2D eigenvalue weighted by molar-refractivity contribution is 7.89. The fourth-order valence-corrected chi connectivity index (χ4v) is 3.69. The fraction of sp³-hybridized carbons (Fsp3) is 0.182. The van der Waals surface area contributed by atoms with Gasteiger partial charge in [-0.05, 0) is 55.0 Å². The number of pyridine rings is 1. The average molecular weight is 458 g/mol. The molecule has 0 fully saturated rings. The second-order valence-electron chi connectivity index (χ2n) is 6.72. The van der Waals surface area contributed by atoms with Crippen molar-refractivity contribution in [1.29, 1.82) is 0 Å². The van der Waals surface area contributed by atoms with Crippen molar-refractivity contribution in [3.63, 3.8) is 0 Å². The predicted molar refractivity (Wildman–Crippen MR) is 118 cm³/mol. The van der Waals surface area contributed by atoms with Gasteiger partial charge < -0.3 is 14.8 Å². The molecule has 3 rings (SSSR count). The first kappa shape index (κ1) is 23.2. The van der Waals surface area contributed by atoms with Crippen LogP contribution in [-0.2, 0) is 14.9 Å². The van der Waals surface area contributed by atoms with Crippen molar-refractivity contribution >= 4 is 21.6 Å². The molecule has 0 aliphatic heterocycles. The van der Waals surface area contributed by atoms with Crippen molar-refractivity contribution in [2.75, 3.05) is 26.6 Å². The second-order valence-corrected chi connectivity index (χ2v) is 8.65. The van der Waals surface area contributed by atoms with Crippen LogP contribution in [0.5, 0.6) is 17.4 Å². The van der Waals surface area contributed by atoms with Gasteiger partial charge in [-0.1, -0.05) is 10.5 Å². The molecular formula is C22H23N3O6S. The fourth-order valence-electron chi connectivity index (χ4n) is 2.71. The quantitative estimate of drug-likeness (QED) is 0.515. The summed E-state index contributed by atoms with van der Waals surface area (Å²) in [5, 5.41) is 2.71. The van der Waals surface area contributed by atoms with Gasteiger partial charge in [-0.15, -0.1) is 0 Å². The van der Waals surface area contributed by atoms with Crippen LogP contribution in [0.25, 0.3) is 0 Å². The van der Waals surface area contributed by atoms with E-state index in [1.807, 2.05) is 19.1 Å². The normalized spacial score (nSPS) is 11.3. The van der Waals surface area contributed by atoms with Gasteiger partial charge in [0.25, 0.3) is 15.9 Å². The van der Waals surface area contributed by atoms with Gasteiger partial charge in [0.15, 0.2) is 11.5 Å². The number of nitrogens with zero attached hydrogens (tertiary/aromatic N) is 2. The molecule has 2 aromatic carbocycles. The zero-order chi connectivity index (χ0) is 23.3. The molecule has 1 amide bonds. The molecule has 168 valence electrons. The van der Waals surface area contributed by atoms with Gasteiger partial charge in [0.05, 0.1) is 31.0 Å². The smallest absolute Gasteiger partial charge is 0.264 e. The highest BCUT2D eigenvalue weighted by Crippen LogP contribution is 2.31. The molecule has 0 radical (unpaired) electrons. The molecule has 0 bridgehead atoms. The summed E-state index contributed by atoms with van der Waals surface area (Å²) < 4.78 is 36.3. The van der Waals surface area contributed by atoms with E-state index in [2.05, 4.69) is 10.3 Å². The van der Waals surface area contributed by atoms with Crippen molar-refractivity contribution in [3.8, 4) is 17.4 Å². The number of hydrogen-bond donors (Lipinski definition) is 1. The molecule has 3 aromatic rings. The minimum atomic E-state index is -3.78. The van der Waals surface area contributed by atoms with Gasteiger partial charge in [-0.3, -0.25) is 9.63 Å². The van der Waals surface area contributed by atoms with Gasteiger partial charge in [-0.2, -0.15) is 0 Å². The van der Waals surface area contributed by atoms with E-state index in [-0.39, 0.29) is 10.5 Å². The highest BCUT2D eigenvalue weighted by atomic mass is 32.2. The predicted octanol–water partition coefficient (Wildman–Crippen LogP) is 3.63. The largest absolute Gasteiger partial charge is 0.493 e.